The van der Waals surface area contributed by atoms with E-state index in [4.69, 9.17) is 4.98 Å². The molecule has 2 amide bonds. The molecular formula is C24H31FN4O. The third kappa shape index (κ3) is 4.06. The van der Waals surface area contributed by atoms with Gasteiger partial charge in [-0.3, -0.25) is 14.8 Å². The van der Waals surface area contributed by atoms with Gasteiger partial charge in [-0.25, -0.2) is 9.18 Å². The quantitative estimate of drug-likeness (QED) is 0.756. The highest BCUT2D eigenvalue weighted by Gasteiger charge is 2.41. The molecule has 1 fully saturated rings. The number of aryl methyl sites for hydroxylation is 1. The number of pyridine rings is 1. The number of piperidine rings is 1. The molecule has 4 rings (SSSR count). The maximum absolute atomic E-state index is 13.3. The van der Waals surface area contributed by atoms with Crippen LogP contribution in [-0.4, -0.2) is 53.5 Å². The lowest BCUT2D eigenvalue weighted by Gasteiger charge is -2.38. The SMILES string of the molecule is Cc1ccc2c(n1)C(C)(C)CN2C(=O)N1CCC(N(C)Cc2ccc(F)cc2)CC1. The molecule has 5 nitrogen and oxygen atoms in total. The molecule has 0 unspecified atom stereocenters. The normalized spacial score (nSPS) is 18.7. The van der Waals surface area contributed by atoms with Crippen LogP contribution in [0.5, 0.6) is 0 Å². The van der Waals surface area contributed by atoms with Gasteiger partial charge in [0.25, 0.3) is 0 Å². The van der Waals surface area contributed by atoms with Crippen LogP contribution in [0.3, 0.4) is 0 Å². The lowest BCUT2D eigenvalue weighted by molar-refractivity contribution is 0.133. The van der Waals surface area contributed by atoms with E-state index >= 15 is 0 Å². The Bertz CT molecular complexity index is 919. The smallest absolute Gasteiger partial charge is 0.324 e. The van der Waals surface area contributed by atoms with E-state index in [0.29, 0.717) is 12.6 Å². The van der Waals surface area contributed by atoms with E-state index in [1.165, 1.54) is 12.1 Å². The van der Waals surface area contributed by atoms with Gasteiger partial charge in [-0.15, -0.1) is 0 Å². The summed E-state index contributed by atoms with van der Waals surface area (Å²) in [5.41, 5.74) is 3.93. The number of nitrogens with zero attached hydrogens (tertiary/aromatic N) is 4. The summed E-state index contributed by atoms with van der Waals surface area (Å²) in [5.74, 6) is -0.203. The minimum Gasteiger partial charge on any atom is -0.324 e. The number of aromatic nitrogens is 1. The van der Waals surface area contributed by atoms with Crippen LogP contribution in [0.15, 0.2) is 36.4 Å². The van der Waals surface area contributed by atoms with Crippen molar-refractivity contribution in [1.29, 1.82) is 0 Å². The Morgan fingerprint density at radius 3 is 2.50 bits per heavy atom. The van der Waals surface area contributed by atoms with E-state index in [1.807, 2.05) is 41.0 Å². The lowest BCUT2D eigenvalue weighted by Crippen LogP contribution is -2.50. The fraction of sp³-hybridized carbons (Fsp3) is 0.500. The van der Waals surface area contributed by atoms with Crippen molar-refractivity contribution in [2.24, 2.45) is 0 Å². The van der Waals surface area contributed by atoms with Crippen molar-refractivity contribution >= 4 is 11.7 Å². The fourth-order valence-corrected chi connectivity index (χ4v) is 4.67. The zero-order valence-electron chi connectivity index (χ0n) is 18.4. The third-order valence-corrected chi connectivity index (χ3v) is 6.43. The number of hydrogen-bond acceptors (Lipinski definition) is 3. The Labute approximate surface area is 178 Å². The Kier molecular flexibility index (Phi) is 5.53. The van der Waals surface area contributed by atoms with Gasteiger partial charge in [0.05, 0.1) is 11.4 Å². The Hall–Kier alpha value is -2.47. The standard InChI is InChI=1S/C24H31FN4O/c1-17-5-10-21-22(26-17)24(2,3)16-29(21)23(30)28-13-11-20(12-14-28)27(4)15-18-6-8-19(25)9-7-18/h5-10,20H,11-16H2,1-4H3. The first-order chi connectivity index (χ1) is 14.2. The van der Waals surface area contributed by atoms with Gasteiger partial charge in [-0.1, -0.05) is 26.0 Å². The molecule has 30 heavy (non-hydrogen) atoms. The summed E-state index contributed by atoms with van der Waals surface area (Å²) in [6.07, 6.45) is 1.89. The van der Waals surface area contributed by atoms with Crippen molar-refractivity contribution in [1.82, 2.24) is 14.8 Å². The summed E-state index contributed by atoms with van der Waals surface area (Å²) in [6, 6.07) is 11.2. The number of carbonyl (C=O) groups excluding carboxylic acids is 1. The van der Waals surface area contributed by atoms with E-state index in [2.05, 4.69) is 25.8 Å². The monoisotopic (exact) mass is 410 g/mol. The summed E-state index contributed by atoms with van der Waals surface area (Å²) in [5, 5.41) is 0. The van der Waals surface area contributed by atoms with Gasteiger partial charge in [0.2, 0.25) is 0 Å². The highest BCUT2D eigenvalue weighted by atomic mass is 19.1. The van der Waals surface area contributed by atoms with Gasteiger partial charge in [0, 0.05) is 43.3 Å². The van der Waals surface area contributed by atoms with Crippen LogP contribution >= 0.6 is 0 Å². The van der Waals surface area contributed by atoms with E-state index in [0.717, 1.165) is 55.1 Å². The molecule has 1 aromatic heterocycles. The van der Waals surface area contributed by atoms with Crippen LogP contribution in [0.2, 0.25) is 0 Å². The van der Waals surface area contributed by atoms with E-state index < -0.39 is 0 Å². The topological polar surface area (TPSA) is 39.7 Å². The first-order valence-electron chi connectivity index (χ1n) is 10.7. The molecule has 0 spiro atoms. The molecular weight excluding hydrogens is 379 g/mol. The molecule has 0 bridgehead atoms. The Balaban J connectivity index is 1.37. The van der Waals surface area contributed by atoms with Crippen molar-refractivity contribution in [2.75, 3.05) is 31.6 Å². The summed E-state index contributed by atoms with van der Waals surface area (Å²) in [4.78, 5) is 24.2. The average Bonchev–Trinajstić information content (AvgIpc) is 2.99. The number of urea groups is 1. The van der Waals surface area contributed by atoms with Gasteiger partial charge < -0.3 is 4.90 Å². The van der Waals surface area contributed by atoms with E-state index in [9.17, 15) is 9.18 Å². The Morgan fingerprint density at radius 2 is 1.83 bits per heavy atom. The molecule has 0 aliphatic carbocycles. The zero-order valence-corrected chi connectivity index (χ0v) is 18.4. The van der Waals surface area contributed by atoms with Crippen molar-refractivity contribution in [3.8, 4) is 0 Å². The van der Waals surface area contributed by atoms with Crippen LogP contribution in [0.25, 0.3) is 0 Å². The van der Waals surface area contributed by atoms with Crippen molar-refractivity contribution < 1.29 is 9.18 Å². The minimum atomic E-state index is -0.203. The number of rotatable bonds is 3. The van der Waals surface area contributed by atoms with E-state index in [-0.39, 0.29) is 17.3 Å². The third-order valence-electron chi connectivity index (χ3n) is 6.43. The first-order valence-corrected chi connectivity index (χ1v) is 10.7. The van der Waals surface area contributed by atoms with Crippen molar-refractivity contribution in [3.05, 3.63) is 59.2 Å². The molecule has 1 saturated heterocycles. The minimum absolute atomic E-state index is 0.0899. The summed E-state index contributed by atoms with van der Waals surface area (Å²) >= 11 is 0. The van der Waals surface area contributed by atoms with Gasteiger partial charge in [0.1, 0.15) is 5.82 Å². The van der Waals surface area contributed by atoms with Crippen molar-refractivity contribution in [2.45, 2.75) is 51.6 Å². The molecule has 6 heteroatoms. The molecule has 1 aromatic carbocycles. The fourth-order valence-electron chi connectivity index (χ4n) is 4.67. The molecule has 3 heterocycles. The molecule has 2 aromatic rings. The second-order valence-corrected chi connectivity index (χ2v) is 9.33. The maximum Gasteiger partial charge on any atom is 0.324 e. The molecule has 2 aliphatic heterocycles. The van der Waals surface area contributed by atoms with Gasteiger partial charge in [0.15, 0.2) is 0 Å². The van der Waals surface area contributed by atoms with Gasteiger partial charge >= 0.3 is 6.03 Å². The molecule has 160 valence electrons. The number of fused-ring (bicyclic) bond motifs is 1. The Morgan fingerprint density at radius 1 is 1.17 bits per heavy atom. The summed E-state index contributed by atoms with van der Waals surface area (Å²) in [6.45, 7) is 9.27. The number of anilines is 1. The first kappa shape index (κ1) is 20.8. The molecule has 2 aliphatic rings. The molecule has 0 N–H and O–H groups in total. The van der Waals surface area contributed by atoms with Crippen LogP contribution in [0, 0.1) is 12.7 Å². The van der Waals surface area contributed by atoms with Gasteiger partial charge in [-0.05, 0) is 56.6 Å². The highest BCUT2D eigenvalue weighted by Crippen LogP contribution is 2.39. The number of halogens is 1. The zero-order chi connectivity index (χ0) is 21.5. The predicted molar refractivity (Wildman–Crippen MR) is 117 cm³/mol. The van der Waals surface area contributed by atoms with Crippen LogP contribution < -0.4 is 4.90 Å². The average molecular weight is 411 g/mol. The number of hydrogen-bond donors (Lipinski definition) is 0. The molecule has 0 saturated carbocycles. The maximum atomic E-state index is 13.3. The summed E-state index contributed by atoms with van der Waals surface area (Å²) in [7, 11) is 2.11. The van der Waals surface area contributed by atoms with Crippen LogP contribution in [0.4, 0.5) is 14.9 Å². The number of likely N-dealkylation sites (tertiary alicyclic amines) is 1. The number of benzene rings is 1. The van der Waals surface area contributed by atoms with Crippen LogP contribution in [-0.2, 0) is 12.0 Å². The predicted octanol–water partition coefficient (Wildman–Crippen LogP) is 4.34. The van der Waals surface area contributed by atoms with Crippen molar-refractivity contribution in [3.63, 3.8) is 0 Å². The lowest BCUT2D eigenvalue weighted by atomic mass is 9.91. The second kappa shape index (κ2) is 7.99. The van der Waals surface area contributed by atoms with E-state index in [1.54, 1.807) is 0 Å². The summed E-state index contributed by atoms with van der Waals surface area (Å²) < 4.78 is 13.1. The molecule has 0 atom stereocenters. The van der Waals surface area contributed by atoms with Crippen LogP contribution in [0.1, 0.15) is 43.6 Å². The largest absolute Gasteiger partial charge is 0.324 e. The highest BCUT2D eigenvalue weighted by molar-refractivity contribution is 5.94. The van der Waals surface area contributed by atoms with Gasteiger partial charge in [-0.2, -0.15) is 0 Å². The second-order valence-electron chi connectivity index (χ2n) is 9.33. The molecule has 0 radical (unpaired) electrons. The number of carbonyl (C=O) groups is 1. The number of amides is 2.